The summed E-state index contributed by atoms with van der Waals surface area (Å²) in [7, 11) is 3.79. The molecule has 0 amide bonds. The number of halogens is 1. The molecule has 1 heterocycles. The summed E-state index contributed by atoms with van der Waals surface area (Å²) in [5.74, 6) is 1.71. The molecule has 0 N–H and O–H groups in total. The van der Waals surface area contributed by atoms with Crippen molar-refractivity contribution in [3.63, 3.8) is 0 Å². The van der Waals surface area contributed by atoms with Crippen LogP contribution in [0.5, 0.6) is 11.5 Å². The third-order valence-corrected chi connectivity index (χ3v) is 6.03. The van der Waals surface area contributed by atoms with Crippen LogP contribution in [0, 0.1) is 5.41 Å². The summed E-state index contributed by atoms with van der Waals surface area (Å²) in [5.41, 5.74) is 2.00. The fourth-order valence-electron chi connectivity index (χ4n) is 4.04. The molecule has 1 aliphatic heterocycles. The second kappa shape index (κ2) is 12.3. The summed E-state index contributed by atoms with van der Waals surface area (Å²) < 4.78 is 17.2. The topological polar surface area (TPSA) is 48.0 Å². The summed E-state index contributed by atoms with van der Waals surface area (Å²) in [6.07, 6.45) is 3.58. The quantitative estimate of drug-likeness (QED) is 0.458. The van der Waals surface area contributed by atoms with E-state index in [1.807, 2.05) is 45.0 Å². The van der Waals surface area contributed by atoms with Gasteiger partial charge in [0, 0.05) is 19.0 Å². The minimum Gasteiger partial charge on any atom is -0.497 e. The van der Waals surface area contributed by atoms with Crippen molar-refractivity contribution in [2.75, 3.05) is 27.3 Å². The van der Waals surface area contributed by atoms with Crippen molar-refractivity contribution < 1.29 is 19.0 Å². The van der Waals surface area contributed by atoms with Crippen molar-refractivity contribution >= 4 is 18.4 Å². The van der Waals surface area contributed by atoms with E-state index in [0.717, 1.165) is 43.7 Å². The van der Waals surface area contributed by atoms with Gasteiger partial charge in [-0.3, -0.25) is 9.69 Å². The van der Waals surface area contributed by atoms with Crippen molar-refractivity contribution in [2.24, 2.45) is 5.41 Å². The van der Waals surface area contributed by atoms with Crippen LogP contribution in [0.3, 0.4) is 0 Å². The number of esters is 1. The normalized spacial score (nSPS) is 18.5. The van der Waals surface area contributed by atoms with Crippen LogP contribution in [0.1, 0.15) is 44.7 Å². The molecule has 0 unspecified atom stereocenters. The smallest absolute Gasteiger partial charge is 0.311 e. The van der Waals surface area contributed by atoms with Crippen molar-refractivity contribution in [3.05, 3.63) is 59.7 Å². The number of hydrogen-bond donors (Lipinski definition) is 0. The van der Waals surface area contributed by atoms with Crippen molar-refractivity contribution in [2.45, 2.75) is 58.6 Å². The van der Waals surface area contributed by atoms with Crippen molar-refractivity contribution in [3.8, 4) is 11.5 Å². The van der Waals surface area contributed by atoms with Crippen LogP contribution in [0.2, 0.25) is 0 Å². The van der Waals surface area contributed by atoms with Crippen molar-refractivity contribution in [1.29, 1.82) is 0 Å². The van der Waals surface area contributed by atoms with E-state index in [2.05, 4.69) is 36.2 Å². The highest BCUT2D eigenvalue weighted by Gasteiger charge is 2.34. The van der Waals surface area contributed by atoms with E-state index >= 15 is 0 Å². The van der Waals surface area contributed by atoms with E-state index in [-0.39, 0.29) is 24.5 Å². The van der Waals surface area contributed by atoms with Crippen LogP contribution >= 0.6 is 12.4 Å². The van der Waals surface area contributed by atoms with Gasteiger partial charge in [0.15, 0.2) is 0 Å². The number of methoxy groups -OCH3 is 1. The predicted octanol–water partition coefficient (Wildman–Crippen LogP) is 5.33. The summed E-state index contributed by atoms with van der Waals surface area (Å²) in [6.45, 7) is 7.11. The van der Waals surface area contributed by atoms with Crippen LogP contribution < -0.4 is 9.47 Å². The molecule has 0 aliphatic carbocycles. The molecular weight excluding hydrogens is 438 g/mol. The predicted molar refractivity (Wildman–Crippen MR) is 135 cm³/mol. The van der Waals surface area contributed by atoms with Gasteiger partial charge in [0.25, 0.3) is 0 Å². The molecular formula is C27H38ClNO4. The van der Waals surface area contributed by atoms with Gasteiger partial charge >= 0.3 is 5.97 Å². The lowest BCUT2D eigenvalue weighted by Crippen LogP contribution is -2.30. The molecule has 3 rings (SSSR count). The van der Waals surface area contributed by atoms with Gasteiger partial charge in [-0.1, -0.05) is 30.3 Å². The number of likely N-dealkylation sites (N-methyl/N-ethyl adjacent to an activating group) is 1. The Labute approximate surface area is 204 Å². The van der Waals surface area contributed by atoms with Crippen LogP contribution in [-0.2, 0) is 22.4 Å². The van der Waals surface area contributed by atoms with Gasteiger partial charge in [-0.25, -0.2) is 0 Å². The molecule has 1 aliphatic rings. The monoisotopic (exact) mass is 475 g/mol. The first-order valence-electron chi connectivity index (χ1n) is 11.5. The third kappa shape index (κ3) is 7.94. The highest BCUT2D eigenvalue weighted by molar-refractivity contribution is 5.85. The molecule has 0 aromatic heterocycles. The standard InChI is InChI=1S/C27H37NO4.ClH/c1-27(2,3)26(29)32-24-18-22(28(4)19-24)15-16-31-25-12-7-6-10-21(25)14-13-20-9-8-11-23(17-20)30-5;/h6-12,17,22,24H,13-16,18-19H2,1-5H3;1H/t22-,24-;/m1./s1. The lowest BCUT2D eigenvalue weighted by atomic mass is 9.97. The number of benzene rings is 2. The van der Waals surface area contributed by atoms with Crippen LogP contribution in [0.4, 0.5) is 0 Å². The van der Waals surface area contributed by atoms with E-state index in [9.17, 15) is 4.79 Å². The molecule has 2 aromatic rings. The molecule has 0 spiro atoms. The van der Waals surface area contributed by atoms with Gasteiger partial charge in [-0.2, -0.15) is 0 Å². The van der Waals surface area contributed by atoms with E-state index < -0.39 is 5.41 Å². The van der Waals surface area contributed by atoms with Gasteiger partial charge in [0.2, 0.25) is 0 Å². The summed E-state index contributed by atoms with van der Waals surface area (Å²) >= 11 is 0. The first-order valence-corrected chi connectivity index (χ1v) is 11.5. The maximum atomic E-state index is 12.2. The Kier molecular flexibility index (Phi) is 10.1. The van der Waals surface area contributed by atoms with E-state index in [1.54, 1.807) is 7.11 Å². The molecule has 0 radical (unpaired) electrons. The number of rotatable bonds is 9. The number of aryl methyl sites for hydroxylation is 2. The Bertz CT molecular complexity index is 896. The minimum absolute atomic E-state index is 0. The second-order valence-corrected chi connectivity index (χ2v) is 9.70. The highest BCUT2D eigenvalue weighted by atomic mass is 35.5. The highest BCUT2D eigenvalue weighted by Crippen LogP contribution is 2.26. The summed E-state index contributed by atoms with van der Waals surface area (Å²) in [5, 5.41) is 0. The summed E-state index contributed by atoms with van der Waals surface area (Å²) in [4.78, 5) is 14.5. The molecule has 182 valence electrons. The zero-order chi connectivity index (χ0) is 23.1. The van der Waals surface area contributed by atoms with Gasteiger partial charge in [-0.05, 0) is 76.4 Å². The maximum Gasteiger partial charge on any atom is 0.311 e. The molecule has 5 nitrogen and oxygen atoms in total. The Morgan fingerprint density at radius 3 is 2.58 bits per heavy atom. The Balaban J connectivity index is 0.00000385. The average Bonchev–Trinajstić information content (AvgIpc) is 3.11. The lowest BCUT2D eigenvalue weighted by Gasteiger charge is -2.20. The van der Waals surface area contributed by atoms with Gasteiger partial charge in [0.1, 0.15) is 17.6 Å². The second-order valence-electron chi connectivity index (χ2n) is 9.70. The van der Waals surface area contributed by atoms with E-state index in [4.69, 9.17) is 14.2 Å². The first kappa shape index (κ1) is 27.0. The van der Waals surface area contributed by atoms with E-state index in [0.29, 0.717) is 12.6 Å². The van der Waals surface area contributed by atoms with Crippen LogP contribution in [-0.4, -0.2) is 50.3 Å². The SMILES string of the molecule is COc1cccc(CCc2ccccc2OCC[C@@H]2C[C@@H](OC(=O)C(C)(C)C)CN2C)c1.Cl. The van der Waals surface area contributed by atoms with Gasteiger partial charge in [-0.15, -0.1) is 12.4 Å². The maximum absolute atomic E-state index is 12.2. The number of para-hydroxylation sites is 1. The molecule has 2 aromatic carbocycles. The fourth-order valence-corrected chi connectivity index (χ4v) is 4.04. The molecule has 1 saturated heterocycles. The molecule has 1 fully saturated rings. The third-order valence-electron chi connectivity index (χ3n) is 6.03. The molecule has 0 saturated carbocycles. The minimum atomic E-state index is -0.464. The zero-order valence-corrected chi connectivity index (χ0v) is 21.3. The number of likely N-dealkylation sites (tertiary alicyclic amines) is 1. The Morgan fingerprint density at radius 2 is 1.85 bits per heavy atom. The number of carbonyl (C=O) groups excluding carboxylic acids is 1. The number of carbonyl (C=O) groups is 1. The fraction of sp³-hybridized carbons (Fsp3) is 0.519. The molecule has 0 bridgehead atoms. The lowest BCUT2D eigenvalue weighted by molar-refractivity contribution is -0.157. The molecule has 2 atom stereocenters. The Morgan fingerprint density at radius 1 is 1.09 bits per heavy atom. The number of ether oxygens (including phenoxy) is 3. The molecule has 6 heteroatoms. The van der Waals surface area contributed by atoms with E-state index in [1.165, 1.54) is 11.1 Å². The molecule has 33 heavy (non-hydrogen) atoms. The summed E-state index contributed by atoms with van der Waals surface area (Å²) in [6, 6.07) is 16.8. The number of hydrogen-bond acceptors (Lipinski definition) is 5. The Hall–Kier alpha value is -2.24. The van der Waals surface area contributed by atoms with Crippen LogP contribution in [0.15, 0.2) is 48.5 Å². The van der Waals surface area contributed by atoms with Gasteiger partial charge in [0.05, 0.1) is 19.1 Å². The zero-order valence-electron chi connectivity index (χ0n) is 20.5. The number of nitrogens with zero attached hydrogens (tertiary/aromatic N) is 1. The van der Waals surface area contributed by atoms with Gasteiger partial charge < -0.3 is 14.2 Å². The average molecular weight is 476 g/mol. The largest absolute Gasteiger partial charge is 0.497 e. The first-order chi connectivity index (χ1) is 15.3. The van der Waals surface area contributed by atoms with Crippen LogP contribution in [0.25, 0.3) is 0 Å². The van der Waals surface area contributed by atoms with Crippen molar-refractivity contribution in [1.82, 2.24) is 4.90 Å².